The largest absolute Gasteiger partial charge is 0.334 e. The molecule has 2 heterocycles. The summed E-state index contributed by atoms with van der Waals surface area (Å²) in [5, 5.41) is 6.24. The van der Waals surface area contributed by atoms with E-state index in [1.165, 1.54) is 6.42 Å². The number of nitrogens with zero attached hydrogens (tertiary/aromatic N) is 3. The minimum atomic E-state index is -0.365. The van der Waals surface area contributed by atoms with Crippen LogP contribution in [0.5, 0.6) is 0 Å². The van der Waals surface area contributed by atoms with Crippen LogP contribution in [0.15, 0.2) is 35.4 Å². The first-order valence-electron chi connectivity index (χ1n) is 8.36. The number of fused-ring (bicyclic) bond motifs is 2. The fourth-order valence-corrected chi connectivity index (χ4v) is 4.11. The Labute approximate surface area is 136 Å². The first-order chi connectivity index (χ1) is 11.1. The SMILES string of the molecule is CC(=O)C1CC(C(=O)N2CC3CCC2C3)=NN1c1ccccc1. The maximum atomic E-state index is 12.8. The van der Waals surface area contributed by atoms with Crippen molar-refractivity contribution in [2.45, 2.75) is 44.7 Å². The molecule has 1 aliphatic carbocycles. The number of hydrazone groups is 1. The molecular formula is C18H21N3O2. The summed E-state index contributed by atoms with van der Waals surface area (Å²) >= 11 is 0. The molecule has 0 aromatic heterocycles. The van der Waals surface area contributed by atoms with Gasteiger partial charge >= 0.3 is 0 Å². The van der Waals surface area contributed by atoms with Crippen molar-refractivity contribution in [1.29, 1.82) is 0 Å². The Morgan fingerprint density at radius 2 is 1.96 bits per heavy atom. The summed E-state index contributed by atoms with van der Waals surface area (Å²) in [5.41, 5.74) is 1.39. The summed E-state index contributed by atoms with van der Waals surface area (Å²) in [6, 6.07) is 9.63. The van der Waals surface area contributed by atoms with E-state index in [4.69, 9.17) is 0 Å². The molecule has 0 radical (unpaired) electrons. The summed E-state index contributed by atoms with van der Waals surface area (Å²) in [7, 11) is 0. The summed E-state index contributed by atoms with van der Waals surface area (Å²) < 4.78 is 0. The number of hydrogen-bond donors (Lipinski definition) is 0. The van der Waals surface area contributed by atoms with Gasteiger partial charge in [0.05, 0.1) is 5.69 Å². The second-order valence-electron chi connectivity index (χ2n) is 6.85. The Morgan fingerprint density at radius 3 is 2.57 bits per heavy atom. The normalized spacial score (nSPS) is 29.1. The topological polar surface area (TPSA) is 53.0 Å². The van der Waals surface area contributed by atoms with E-state index >= 15 is 0 Å². The molecule has 1 aromatic carbocycles. The van der Waals surface area contributed by atoms with E-state index in [0.717, 1.165) is 25.1 Å². The molecule has 3 aliphatic rings. The molecule has 0 spiro atoms. The van der Waals surface area contributed by atoms with Gasteiger partial charge in [-0.1, -0.05) is 18.2 Å². The van der Waals surface area contributed by atoms with Crippen molar-refractivity contribution in [1.82, 2.24) is 4.90 Å². The second kappa shape index (κ2) is 5.48. The monoisotopic (exact) mass is 311 g/mol. The molecule has 2 aliphatic heterocycles. The molecule has 1 amide bonds. The number of hydrogen-bond acceptors (Lipinski definition) is 4. The number of likely N-dealkylation sites (tertiary alicyclic amines) is 1. The van der Waals surface area contributed by atoms with E-state index < -0.39 is 0 Å². The highest BCUT2D eigenvalue weighted by atomic mass is 16.2. The molecule has 2 fully saturated rings. The van der Waals surface area contributed by atoms with E-state index in [1.54, 1.807) is 11.9 Å². The van der Waals surface area contributed by atoms with Crippen LogP contribution < -0.4 is 5.01 Å². The lowest BCUT2D eigenvalue weighted by atomic mass is 10.0. The Bertz CT molecular complexity index is 670. The minimum Gasteiger partial charge on any atom is -0.334 e. The number of benzene rings is 1. The van der Waals surface area contributed by atoms with Gasteiger partial charge in [-0.05, 0) is 44.2 Å². The van der Waals surface area contributed by atoms with Crippen LogP contribution in [0, 0.1) is 5.92 Å². The Kier molecular flexibility index (Phi) is 3.43. The molecule has 5 heteroatoms. The summed E-state index contributed by atoms with van der Waals surface area (Å²) in [6.07, 6.45) is 3.91. The smallest absolute Gasteiger partial charge is 0.270 e. The molecule has 1 saturated carbocycles. The Morgan fingerprint density at radius 1 is 1.17 bits per heavy atom. The van der Waals surface area contributed by atoms with Crippen LogP contribution in [0.3, 0.4) is 0 Å². The van der Waals surface area contributed by atoms with Crippen molar-refractivity contribution in [3.05, 3.63) is 30.3 Å². The quantitative estimate of drug-likeness (QED) is 0.860. The number of carbonyl (C=O) groups excluding carboxylic acids is 2. The number of amides is 1. The third-order valence-corrected chi connectivity index (χ3v) is 5.32. The average molecular weight is 311 g/mol. The van der Waals surface area contributed by atoms with Crippen molar-refractivity contribution in [2.75, 3.05) is 11.6 Å². The Hall–Kier alpha value is -2.17. The molecular weight excluding hydrogens is 290 g/mol. The van der Waals surface area contributed by atoms with Gasteiger partial charge in [0, 0.05) is 19.0 Å². The highest BCUT2D eigenvalue weighted by Crippen LogP contribution is 2.38. The van der Waals surface area contributed by atoms with E-state index in [9.17, 15) is 9.59 Å². The number of carbonyl (C=O) groups is 2. The fraction of sp³-hybridized carbons (Fsp3) is 0.500. The van der Waals surface area contributed by atoms with E-state index in [0.29, 0.717) is 24.1 Å². The van der Waals surface area contributed by atoms with Gasteiger partial charge in [0.15, 0.2) is 5.78 Å². The highest BCUT2D eigenvalue weighted by Gasteiger charge is 2.43. The van der Waals surface area contributed by atoms with Crippen molar-refractivity contribution < 1.29 is 9.59 Å². The van der Waals surface area contributed by atoms with Crippen LogP contribution in [-0.2, 0) is 9.59 Å². The zero-order valence-electron chi connectivity index (χ0n) is 13.3. The van der Waals surface area contributed by atoms with Gasteiger partial charge in [-0.25, -0.2) is 0 Å². The number of piperidine rings is 1. The highest BCUT2D eigenvalue weighted by molar-refractivity contribution is 6.40. The van der Waals surface area contributed by atoms with Crippen molar-refractivity contribution in [2.24, 2.45) is 11.0 Å². The van der Waals surface area contributed by atoms with Crippen LogP contribution in [0.1, 0.15) is 32.6 Å². The third-order valence-electron chi connectivity index (χ3n) is 5.32. The zero-order chi connectivity index (χ0) is 16.0. The maximum Gasteiger partial charge on any atom is 0.270 e. The van der Waals surface area contributed by atoms with Gasteiger partial charge < -0.3 is 4.90 Å². The lowest BCUT2D eigenvalue weighted by Crippen LogP contribution is -2.41. The molecule has 1 saturated heterocycles. The van der Waals surface area contributed by atoms with E-state index in [2.05, 4.69) is 5.10 Å². The number of ketones is 1. The number of anilines is 1. The van der Waals surface area contributed by atoms with E-state index in [1.807, 2.05) is 35.2 Å². The molecule has 4 rings (SSSR count). The van der Waals surface area contributed by atoms with E-state index in [-0.39, 0.29) is 17.7 Å². The van der Waals surface area contributed by atoms with Gasteiger partial charge in [-0.3, -0.25) is 14.6 Å². The van der Waals surface area contributed by atoms with Gasteiger partial charge in [-0.2, -0.15) is 5.10 Å². The molecule has 3 atom stereocenters. The van der Waals surface area contributed by atoms with Crippen molar-refractivity contribution in [3.8, 4) is 0 Å². The summed E-state index contributed by atoms with van der Waals surface area (Å²) in [5.74, 6) is 0.741. The van der Waals surface area contributed by atoms with Gasteiger partial charge in [0.1, 0.15) is 11.8 Å². The number of Topliss-reactive ketones (excluding diaryl/α,β-unsaturated/α-hetero) is 1. The predicted octanol–water partition coefficient (Wildman–Crippen LogP) is 2.22. The van der Waals surface area contributed by atoms with Crippen LogP contribution in [0.4, 0.5) is 5.69 Å². The third kappa shape index (κ3) is 2.44. The van der Waals surface area contributed by atoms with Gasteiger partial charge in [0.2, 0.25) is 0 Å². The molecule has 23 heavy (non-hydrogen) atoms. The summed E-state index contributed by atoms with van der Waals surface area (Å²) in [6.45, 7) is 2.43. The van der Waals surface area contributed by atoms with Crippen LogP contribution >= 0.6 is 0 Å². The maximum absolute atomic E-state index is 12.8. The lowest BCUT2D eigenvalue weighted by Gasteiger charge is -2.26. The van der Waals surface area contributed by atoms with Crippen LogP contribution in [0.25, 0.3) is 0 Å². The molecule has 5 nitrogen and oxygen atoms in total. The fourth-order valence-electron chi connectivity index (χ4n) is 4.11. The second-order valence-corrected chi connectivity index (χ2v) is 6.85. The predicted molar refractivity (Wildman–Crippen MR) is 88.3 cm³/mol. The molecule has 2 bridgehead atoms. The van der Waals surface area contributed by atoms with Gasteiger partial charge in [-0.15, -0.1) is 0 Å². The molecule has 1 aromatic rings. The zero-order valence-corrected chi connectivity index (χ0v) is 13.3. The minimum absolute atomic E-state index is 0.0295. The van der Waals surface area contributed by atoms with Gasteiger partial charge in [0.25, 0.3) is 5.91 Å². The first kappa shape index (κ1) is 14.4. The van der Waals surface area contributed by atoms with Crippen molar-refractivity contribution in [3.63, 3.8) is 0 Å². The molecule has 0 N–H and O–H groups in total. The van der Waals surface area contributed by atoms with Crippen molar-refractivity contribution >= 4 is 23.1 Å². The first-order valence-corrected chi connectivity index (χ1v) is 8.36. The molecule has 3 unspecified atom stereocenters. The standard InChI is InChI=1S/C18H21N3O2/c1-12(22)17-10-16(19-21(17)14-5-3-2-4-6-14)18(23)20-11-13-7-8-15(20)9-13/h2-6,13,15,17H,7-11H2,1H3. The van der Waals surface area contributed by atoms with Crippen LogP contribution in [0.2, 0.25) is 0 Å². The molecule has 120 valence electrons. The Balaban J connectivity index is 1.59. The lowest BCUT2D eigenvalue weighted by molar-refractivity contribution is -0.125. The average Bonchev–Trinajstić information content (AvgIpc) is 3.29. The number of rotatable bonds is 3. The summed E-state index contributed by atoms with van der Waals surface area (Å²) in [4.78, 5) is 26.8. The van der Waals surface area contributed by atoms with Crippen LogP contribution in [-0.4, -0.2) is 40.9 Å². The number of para-hydroxylation sites is 1.